The molecule has 3 aromatic heterocycles. The van der Waals surface area contributed by atoms with Gasteiger partial charge in [0.05, 0.1) is 35.5 Å². The summed E-state index contributed by atoms with van der Waals surface area (Å²) in [5.74, 6) is 0.583. The van der Waals surface area contributed by atoms with Gasteiger partial charge in [0.25, 0.3) is 0 Å². The molecule has 0 aliphatic heterocycles. The zero-order valence-electron chi connectivity index (χ0n) is 14.2. The molecule has 7 nitrogen and oxygen atoms in total. The summed E-state index contributed by atoms with van der Waals surface area (Å²) < 4.78 is 1.86. The van der Waals surface area contributed by atoms with Gasteiger partial charge in [0.1, 0.15) is 0 Å². The zero-order valence-corrected chi connectivity index (χ0v) is 14.2. The molecule has 0 atom stereocenters. The third kappa shape index (κ3) is 3.46. The summed E-state index contributed by atoms with van der Waals surface area (Å²) in [5, 5.41) is 17.8. The summed E-state index contributed by atoms with van der Waals surface area (Å²) in [5.41, 5.74) is 4.73. The summed E-state index contributed by atoms with van der Waals surface area (Å²) in [7, 11) is 1.93. The Balaban J connectivity index is 2.03. The van der Waals surface area contributed by atoms with Gasteiger partial charge >= 0.3 is 0 Å². The molecular formula is C17H23N7. The first-order valence-corrected chi connectivity index (χ1v) is 8.10. The van der Waals surface area contributed by atoms with E-state index in [0.29, 0.717) is 5.92 Å². The fourth-order valence-corrected chi connectivity index (χ4v) is 2.50. The molecule has 0 bridgehead atoms. The van der Waals surface area contributed by atoms with Crippen molar-refractivity contribution in [2.45, 2.75) is 13.8 Å². The normalized spacial score (nSPS) is 12.2. The molecule has 0 aliphatic rings. The van der Waals surface area contributed by atoms with Crippen LogP contribution in [0.25, 0.3) is 22.3 Å². The fourth-order valence-electron chi connectivity index (χ4n) is 2.50. The maximum Gasteiger partial charge on any atom is 0.0999 e. The predicted octanol–water partition coefficient (Wildman–Crippen LogP) is 1.93. The number of likely N-dealkylation sites (N-methyl/N-ethyl adjacent to an activating group) is 1. The first kappa shape index (κ1) is 16.2. The standard InChI is InChI=1S/C17H23N7/c1-12(2)6-19-8-13(7-18-3)15-11-24-16(4-5-22-24)17(23-15)14-9-20-21-10-14/h4-5,8-12,18-19H,6-7H2,1-3H3,(H,20,21)/b13-8+. The monoisotopic (exact) mass is 325 g/mol. The smallest absolute Gasteiger partial charge is 0.0999 e. The zero-order chi connectivity index (χ0) is 16.9. The average Bonchev–Trinajstić information content (AvgIpc) is 3.24. The number of hydrogen-bond acceptors (Lipinski definition) is 5. The van der Waals surface area contributed by atoms with E-state index in [4.69, 9.17) is 4.98 Å². The van der Waals surface area contributed by atoms with Crippen LogP contribution in [0.15, 0.2) is 37.1 Å². The van der Waals surface area contributed by atoms with Crippen LogP contribution in [0.4, 0.5) is 0 Å². The minimum Gasteiger partial charge on any atom is -0.390 e. The van der Waals surface area contributed by atoms with Crippen molar-refractivity contribution >= 4 is 11.1 Å². The fraction of sp³-hybridized carbons (Fsp3) is 0.353. The lowest BCUT2D eigenvalue weighted by atomic mass is 10.1. The Morgan fingerprint density at radius 3 is 3.00 bits per heavy atom. The second-order valence-electron chi connectivity index (χ2n) is 6.12. The van der Waals surface area contributed by atoms with Crippen molar-refractivity contribution in [3.05, 3.63) is 42.7 Å². The van der Waals surface area contributed by atoms with Gasteiger partial charge in [-0.3, -0.25) is 5.10 Å². The number of rotatable bonds is 7. The second-order valence-corrected chi connectivity index (χ2v) is 6.12. The first-order valence-electron chi connectivity index (χ1n) is 8.10. The van der Waals surface area contributed by atoms with Gasteiger partial charge in [-0.15, -0.1) is 0 Å². The molecule has 0 unspecified atom stereocenters. The van der Waals surface area contributed by atoms with E-state index in [-0.39, 0.29) is 0 Å². The van der Waals surface area contributed by atoms with Crippen LogP contribution in [-0.2, 0) is 0 Å². The van der Waals surface area contributed by atoms with Gasteiger partial charge in [-0.05, 0) is 19.0 Å². The van der Waals surface area contributed by atoms with Gasteiger partial charge in [0, 0.05) is 36.6 Å². The molecule has 3 heterocycles. The largest absolute Gasteiger partial charge is 0.390 e. The summed E-state index contributed by atoms with van der Waals surface area (Å²) in [6.07, 6.45) is 9.39. The van der Waals surface area contributed by atoms with Crippen LogP contribution in [0.5, 0.6) is 0 Å². The molecule has 126 valence electrons. The average molecular weight is 325 g/mol. The SMILES string of the molecule is CNC/C(=C\NCC(C)C)c1cn2nccc2c(-c2cn[nH]c2)n1. The number of nitrogens with zero attached hydrogens (tertiary/aromatic N) is 4. The van der Waals surface area contributed by atoms with Crippen LogP contribution < -0.4 is 10.6 Å². The van der Waals surface area contributed by atoms with E-state index in [1.807, 2.05) is 36.2 Å². The third-order valence-corrected chi connectivity index (χ3v) is 3.66. The Labute approximate surface area is 141 Å². The van der Waals surface area contributed by atoms with Crippen molar-refractivity contribution in [1.82, 2.24) is 35.4 Å². The van der Waals surface area contributed by atoms with Gasteiger partial charge in [-0.2, -0.15) is 10.2 Å². The Bertz CT molecular complexity index is 815. The summed E-state index contributed by atoms with van der Waals surface area (Å²) in [6, 6.07) is 1.96. The molecule has 0 saturated heterocycles. The molecule has 0 fully saturated rings. The summed E-state index contributed by atoms with van der Waals surface area (Å²) in [6.45, 7) is 6.01. The Kier molecular flexibility index (Phi) is 4.90. The van der Waals surface area contributed by atoms with Gasteiger partial charge in [-0.1, -0.05) is 13.8 Å². The Hall–Kier alpha value is -2.67. The van der Waals surface area contributed by atoms with Crippen LogP contribution in [0.1, 0.15) is 19.5 Å². The lowest BCUT2D eigenvalue weighted by Gasteiger charge is -2.11. The second kappa shape index (κ2) is 7.27. The number of aromatic amines is 1. The minimum absolute atomic E-state index is 0.583. The summed E-state index contributed by atoms with van der Waals surface area (Å²) in [4.78, 5) is 4.86. The maximum atomic E-state index is 4.86. The van der Waals surface area contributed by atoms with E-state index < -0.39 is 0 Å². The number of hydrogen-bond donors (Lipinski definition) is 3. The minimum atomic E-state index is 0.583. The number of nitrogens with one attached hydrogen (secondary N) is 3. The van der Waals surface area contributed by atoms with E-state index in [0.717, 1.165) is 41.1 Å². The maximum absolute atomic E-state index is 4.86. The van der Waals surface area contributed by atoms with Crippen molar-refractivity contribution in [2.75, 3.05) is 20.1 Å². The predicted molar refractivity (Wildman–Crippen MR) is 95.3 cm³/mol. The highest BCUT2D eigenvalue weighted by molar-refractivity contribution is 5.78. The van der Waals surface area contributed by atoms with E-state index in [1.54, 1.807) is 12.4 Å². The highest BCUT2D eigenvalue weighted by Gasteiger charge is 2.12. The van der Waals surface area contributed by atoms with Gasteiger partial charge in [0.15, 0.2) is 0 Å². The van der Waals surface area contributed by atoms with Crippen molar-refractivity contribution in [2.24, 2.45) is 5.92 Å². The molecule has 0 spiro atoms. The first-order chi connectivity index (χ1) is 11.7. The molecule has 0 aromatic carbocycles. The number of fused-ring (bicyclic) bond motifs is 1. The molecule has 7 heteroatoms. The van der Waals surface area contributed by atoms with Crippen molar-refractivity contribution in [1.29, 1.82) is 0 Å². The molecule has 0 radical (unpaired) electrons. The van der Waals surface area contributed by atoms with E-state index >= 15 is 0 Å². The van der Waals surface area contributed by atoms with Crippen molar-refractivity contribution in [3.63, 3.8) is 0 Å². The quantitative estimate of drug-likeness (QED) is 0.618. The molecule has 3 rings (SSSR count). The third-order valence-electron chi connectivity index (χ3n) is 3.66. The van der Waals surface area contributed by atoms with Crippen LogP contribution in [-0.4, -0.2) is 44.9 Å². The van der Waals surface area contributed by atoms with E-state index in [9.17, 15) is 0 Å². The molecular weight excluding hydrogens is 302 g/mol. The molecule has 3 N–H and O–H groups in total. The molecule has 0 amide bonds. The number of aromatic nitrogens is 5. The van der Waals surface area contributed by atoms with Crippen LogP contribution >= 0.6 is 0 Å². The van der Waals surface area contributed by atoms with E-state index in [1.165, 1.54) is 0 Å². The highest BCUT2D eigenvalue weighted by atomic mass is 15.2. The Morgan fingerprint density at radius 1 is 1.42 bits per heavy atom. The molecule has 24 heavy (non-hydrogen) atoms. The molecule has 0 aliphatic carbocycles. The topological polar surface area (TPSA) is 82.9 Å². The Morgan fingerprint density at radius 2 is 2.29 bits per heavy atom. The van der Waals surface area contributed by atoms with Gasteiger partial charge in [0.2, 0.25) is 0 Å². The molecule has 3 aromatic rings. The number of H-pyrrole nitrogens is 1. The van der Waals surface area contributed by atoms with Gasteiger partial charge in [-0.25, -0.2) is 9.50 Å². The van der Waals surface area contributed by atoms with Crippen molar-refractivity contribution < 1.29 is 0 Å². The van der Waals surface area contributed by atoms with Crippen LogP contribution in [0.2, 0.25) is 0 Å². The lowest BCUT2D eigenvalue weighted by Crippen LogP contribution is -2.18. The summed E-state index contributed by atoms with van der Waals surface area (Å²) >= 11 is 0. The van der Waals surface area contributed by atoms with Crippen LogP contribution in [0.3, 0.4) is 0 Å². The van der Waals surface area contributed by atoms with Gasteiger partial charge < -0.3 is 10.6 Å². The van der Waals surface area contributed by atoms with E-state index in [2.05, 4.69) is 39.8 Å². The lowest BCUT2D eigenvalue weighted by molar-refractivity contribution is 0.611. The molecule has 0 saturated carbocycles. The van der Waals surface area contributed by atoms with Crippen LogP contribution in [0, 0.1) is 5.92 Å². The highest BCUT2D eigenvalue weighted by Crippen LogP contribution is 2.23. The van der Waals surface area contributed by atoms with Crippen molar-refractivity contribution in [3.8, 4) is 11.3 Å².